The molecular weight excluding hydrogens is 272 g/mol. The number of ether oxygens (including phenoxy) is 1. The Kier molecular flexibility index (Phi) is 5.15. The van der Waals surface area contributed by atoms with Crippen LogP contribution in [0.3, 0.4) is 0 Å². The van der Waals surface area contributed by atoms with Crippen LogP contribution in [0, 0.1) is 6.92 Å². The molecule has 2 rings (SSSR count). The van der Waals surface area contributed by atoms with Gasteiger partial charge in [-0.2, -0.15) is 0 Å². The summed E-state index contributed by atoms with van der Waals surface area (Å²) in [5.74, 6) is -0.0518. The molecule has 0 aliphatic heterocycles. The molecule has 0 bridgehead atoms. The highest BCUT2D eigenvalue weighted by atomic mass is 32.1. The van der Waals surface area contributed by atoms with Gasteiger partial charge in [0.05, 0.1) is 19.6 Å². The lowest BCUT2D eigenvalue weighted by Gasteiger charge is -2.09. The molecular formula is C15H18N2O2S. The highest BCUT2D eigenvalue weighted by Crippen LogP contribution is 2.17. The Balaban J connectivity index is 1.72. The quantitative estimate of drug-likeness (QED) is 0.634. The summed E-state index contributed by atoms with van der Waals surface area (Å²) in [4.78, 5) is 13.0. The lowest BCUT2D eigenvalue weighted by molar-refractivity contribution is -0.117. The minimum absolute atomic E-state index is 0.0518. The standard InChI is InChI=1S/C15H18N2O2S/c1-11-9-12(16)4-5-14(11)17-15(18)6-7-19-10-13-3-2-8-20-13/h2-5,8-9H,6-7,10,16H2,1H3,(H,17,18). The molecule has 20 heavy (non-hydrogen) atoms. The summed E-state index contributed by atoms with van der Waals surface area (Å²) in [5, 5.41) is 4.87. The Morgan fingerprint density at radius 3 is 2.95 bits per heavy atom. The van der Waals surface area contributed by atoms with Crippen LogP contribution in [-0.4, -0.2) is 12.5 Å². The van der Waals surface area contributed by atoms with Crippen molar-refractivity contribution < 1.29 is 9.53 Å². The molecule has 5 heteroatoms. The summed E-state index contributed by atoms with van der Waals surface area (Å²) >= 11 is 1.65. The lowest BCUT2D eigenvalue weighted by Crippen LogP contribution is -2.14. The molecule has 0 aliphatic carbocycles. The van der Waals surface area contributed by atoms with E-state index in [9.17, 15) is 4.79 Å². The fourth-order valence-corrected chi connectivity index (χ4v) is 2.41. The van der Waals surface area contributed by atoms with Crippen LogP contribution >= 0.6 is 11.3 Å². The second kappa shape index (κ2) is 7.07. The zero-order valence-electron chi connectivity index (χ0n) is 11.4. The molecule has 0 aliphatic rings. The maximum absolute atomic E-state index is 11.8. The van der Waals surface area contributed by atoms with Gasteiger partial charge in [0.15, 0.2) is 0 Å². The fraction of sp³-hybridized carbons (Fsp3) is 0.267. The van der Waals surface area contributed by atoms with Crippen molar-refractivity contribution in [3.8, 4) is 0 Å². The summed E-state index contributed by atoms with van der Waals surface area (Å²) in [6.45, 7) is 2.89. The van der Waals surface area contributed by atoms with Crippen molar-refractivity contribution in [2.75, 3.05) is 17.7 Å². The first-order valence-corrected chi connectivity index (χ1v) is 7.29. The Morgan fingerprint density at radius 1 is 1.40 bits per heavy atom. The number of nitrogens with one attached hydrogen (secondary N) is 1. The molecule has 0 saturated carbocycles. The van der Waals surface area contributed by atoms with Gasteiger partial charge in [-0.15, -0.1) is 11.3 Å². The molecule has 1 heterocycles. The van der Waals surface area contributed by atoms with Crippen molar-refractivity contribution in [3.05, 3.63) is 46.2 Å². The molecule has 3 N–H and O–H groups in total. The summed E-state index contributed by atoms with van der Waals surface area (Å²) in [7, 11) is 0. The summed E-state index contributed by atoms with van der Waals surface area (Å²) in [6, 6.07) is 9.43. The first-order valence-electron chi connectivity index (χ1n) is 6.41. The molecule has 0 saturated heterocycles. The third kappa shape index (κ3) is 4.36. The largest absolute Gasteiger partial charge is 0.399 e. The van der Waals surface area contributed by atoms with Crippen LogP contribution in [-0.2, 0) is 16.1 Å². The number of rotatable bonds is 6. The van der Waals surface area contributed by atoms with Crippen molar-refractivity contribution in [3.63, 3.8) is 0 Å². The first-order chi connectivity index (χ1) is 9.65. The lowest BCUT2D eigenvalue weighted by atomic mass is 10.2. The van der Waals surface area contributed by atoms with Gasteiger partial charge in [0.2, 0.25) is 5.91 Å². The number of hydrogen-bond donors (Lipinski definition) is 2. The highest BCUT2D eigenvalue weighted by Gasteiger charge is 2.05. The van der Waals surface area contributed by atoms with Gasteiger partial charge in [-0.1, -0.05) is 6.07 Å². The van der Waals surface area contributed by atoms with Crippen molar-refractivity contribution in [1.29, 1.82) is 0 Å². The Morgan fingerprint density at radius 2 is 2.25 bits per heavy atom. The second-order valence-corrected chi connectivity index (χ2v) is 5.54. The SMILES string of the molecule is Cc1cc(N)ccc1NC(=O)CCOCc1cccs1. The minimum atomic E-state index is -0.0518. The van der Waals surface area contributed by atoms with Crippen LogP contribution in [0.15, 0.2) is 35.7 Å². The van der Waals surface area contributed by atoms with E-state index < -0.39 is 0 Å². The van der Waals surface area contributed by atoms with Crippen molar-refractivity contribution in [1.82, 2.24) is 0 Å². The zero-order chi connectivity index (χ0) is 14.4. The predicted molar refractivity (Wildman–Crippen MR) is 82.8 cm³/mol. The van der Waals surface area contributed by atoms with Crippen LogP contribution in [0.4, 0.5) is 11.4 Å². The van der Waals surface area contributed by atoms with E-state index >= 15 is 0 Å². The molecule has 1 aromatic carbocycles. The fourth-order valence-electron chi connectivity index (χ4n) is 1.77. The molecule has 106 valence electrons. The highest BCUT2D eigenvalue weighted by molar-refractivity contribution is 7.09. The van der Waals surface area contributed by atoms with Gasteiger partial charge in [0.25, 0.3) is 0 Å². The van der Waals surface area contributed by atoms with E-state index in [0.717, 1.165) is 11.3 Å². The van der Waals surface area contributed by atoms with Crippen LogP contribution < -0.4 is 11.1 Å². The summed E-state index contributed by atoms with van der Waals surface area (Å²) in [5.41, 5.74) is 8.12. The molecule has 0 unspecified atom stereocenters. The Hall–Kier alpha value is -1.85. The van der Waals surface area contributed by atoms with Crippen molar-refractivity contribution in [2.24, 2.45) is 0 Å². The molecule has 0 radical (unpaired) electrons. The Bertz CT molecular complexity index is 567. The number of hydrogen-bond acceptors (Lipinski definition) is 4. The third-order valence-corrected chi connectivity index (χ3v) is 3.67. The third-order valence-electron chi connectivity index (χ3n) is 2.82. The van der Waals surface area contributed by atoms with Gasteiger partial charge >= 0.3 is 0 Å². The van der Waals surface area contributed by atoms with Crippen molar-refractivity contribution >= 4 is 28.6 Å². The van der Waals surface area contributed by atoms with Gasteiger partial charge in [-0.05, 0) is 42.1 Å². The number of nitrogens with two attached hydrogens (primary N) is 1. The molecule has 1 amide bonds. The molecule has 2 aromatic rings. The number of anilines is 2. The Labute approximate surface area is 122 Å². The van der Waals surface area contributed by atoms with E-state index in [4.69, 9.17) is 10.5 Å². The molecule has 0 fully saturated rings. The minimum Gasteiger partial charge on any atom is -0.399 e. The van der Waals surface area contributed by atoms with E-state index in [1.165, 1.54) is 4.88 Å². The topological polar surface area (TPSA) is 64.3 Å². The van der Waals surface area contributed by atoms with Gasteiger partial charge in [0, 0.05) is 16.3 Å². The van der Waals surface area contributed by atoms with Gasteiger partial charge < -0.3 is 15.8 Å². The van der Waals surface area contributed by atoms with Crippen LogP contribution in [0.5, 0.6) is 0 Å². The van der Waals surface area contributed by atoms with Gasteiger partial charge in [0.1, 0.15) is 0 Å². The zero-order valence-corrected chi connectivity index (χ0v) is 12.2. The maximum Gasteiger partial charge on any atom is 0.226 e. The number of aryl methyl sites for hydroxylation is 1. The number of nitrogen functional groups attached to an aromatic ring is 1. The predicted octanol–water partition coefficient (Wildman–Crippen LogP) is 3.18. The van der Waals surface area contributed by atoms with Crippen LogP contribution in [0.25, 0.3) is 0 Å². The average Bonchev–Trinajstić information content (AvgIpc) is 2.91. The van der Waals surface area contributed by atoms with Gasteiger partial charge in [-0.25, -0.2) is 0 Å². The summed E-state index contributed by atoms with van der Waals surface area (Å²) in [6.07, 6.45) is 0.342. The normalized spacial score (nSPS) is 10.4. The monoisotopic (exact) mass is 290 g/mol. The number of thiophene rings is 1. The molecule has 4 nitrogen and oxygen atoms in total. The number of amides is 1. The van der Waals surface area contributed by atoms with E-state index in [0.29, 0.717) is 25.3 Å². The summed E-state index contributed by atoms with van der Waals surface area (Å²) < 4.78 is 5.47. The molecule has 1 aromatic heterocycles. The van der Waals surface area contributed by atoms with Gasteiger partial charge in [-0.3, -0.25) is 4.79 Å². The first kappa shape index (κ1) is 14.6. The van der Waals surface area contributed by atoms with E-state index in [1.807, 2.05) is 36.6 Å². The van der Waals surface area contributed by atoms with Crippen LogP contribution in [0.1, 0.15) is 16.9 Å². The number of benzene rings is 1. The average molecular weight is 290 g/mol. The second-order valence-electron chi connectivity index (χ2n) is 4.50. The van der Waals surface area contributed by atoms with E-state index in [-0.39, 0.29) is 5.91 Å². The smallest absolute Gasteiger partial charge is 0.226 e. The molecule has 0 spiro atoms. The maximum atomic E-state index is 11.8. The molecule has 0 atom stereocenters. The van der Waals surface area contributed by atoms with Crippen LogP contribution in [0.2, 0.25) is 0 Å². The van der Waals surface area contributed by atoms with E-state index in [1.54, 1.807) is 17.4 Å². The van der Waals surface area contributed by atoms with E-state index in [2.05, 4.69) is 5.32 Å². The number of carbonyl (C=O) groups is 1. The number of carbonyl (C=O) groups excluding carboxylic acids is 1. The van der Waals surface area contributed by atoms with Crippen molar-refractivity contribution in [2.45, 2.75) is 20.0 Å².